The molecule has 128 valence electrons. The summed E-state index contributed by atoms with van der Waals surface area (Å²) in [5.41, 5.74) is 2.40. The molecule has 0 saturated carbocycles. The van der Waals surface area contributed by atoms with Crippen molar-refractivity contribution >= 4 is 5.96 Å². The van der Waals surface area contributed by atoms with Crippen LogP contribution >= 0.6 is 0 Å². The van der Waals surface area contributed by atoms with E-state index in [2.05, 4.69) is 64.5 Å². The van der Waals surface area contributed by atoms with Crippen LogP contribution < -0.4 is 5.32 Å². The Morgan fingerprint density at radius 3 is 2.83 bits per heavy atom. The van der Waals surface area contributed by atoms with E-state index in [1.807, 2.05) is 13.1 Å². The molecule has 0 amide bonds. The lowest BCUT2D eigenvalue weighted by Gasteiger charge is -2.21. The minimum absolute atomic E-state index is 0.382. The van der Waals surface area contributed by atoms with Gasteiger partial charge < -0.3 is 14.7 Å². The topological polar surface area (TPSA) is 53.7 Å². The molecule has 1 unspecified atom stereocenters. The first-order chi connectivity index (χ1) is 11.7. The minimum atomic E-state index is 0.382. The van der Waals surface area contributed by atoms with Gasteiger partial charge in [0.25, 0.3) is 0 Å². The second kappa shape index (κ2) is 7.51. The summed E-state index contributed by atoms with van der Waals surface area (Å²) in [5, 5.41) is 7.49. The van der Waals surface area contributed by atoms with Crippen LogP contribution in [0.4, 0.5) is 0 Å². The van der Waals surface area contributed by atoms with E-state index in [-0.39, 0.29) is 0 Å². The lowest BCUT2D eigenvalue weighted by molar-refractivity contribution is 0.369. The molecule has 0 radical (unpaired) electrons. The molecule has 5 nitrogen and oxygen atoms in total. The highest BCUT2D eigenvalue weighted by atomic mass is 16.5. The zero-order valence-electron chi connectivity index (χ0n) is 14.7. The molecule has 1 aliphatic heterocycles. The van der Waals surface area contributed by atoms with Gasteiger partial charge in [0.15, 0.2) is 11.7 Å². The molecule has 3 rings (SSSR count). The maximum absolute atomic E-state index is 5.39. The Labute approximate surface area is 143 Å². The number of aliphatic imine (C=N–C) groups is 1. The first kappa shape index (κ1) is 16.6. The minimum Gasteiger partial charge on any atom is -0.359 e. The molecule has 1 fully saturated rings. The van der Waals surface area contributed by atoms with Gasteiger partial charge in [-0.25, -0.2) is 0 Å². The van der Waals surface area contributed by atoms with Crippen molar-refractivity contribution in [3.05, 3.63) is 53.4 Å². The van der Waals surface area contributed by atoms with Gasteiger partial charge in [-0.1, -0.05) is 49.3 Å². The summed E-state index contributed by atoms with van der Waals surface area (Å²) in [7, 11) is 1.83. The summed E-state index contributed by atoms with van der Waals surface area (Å²) < 4.78 is 5.39. The third kappa shape index (κ3) is 3.78. The van der Waals surface area contributed by atoms with Crippen molar-refractivity contribution in [3.8, 4) is 0 Å². The van der Waals surface area contributed by atoms with Gasteiger partial charge in [0.1, 0.15) is 0 Å². The molecule has 0 bridgehead atoms. The quantitative estimate of drug-likeness (QED) is 0.691. The Morgan fingerprint density at radius 1 is 1.38 bits per heavy atom. The molecule has 1 aliphatic rings. The molecule has 0 aliphatic carbocycles. The summed E-state index contributed by atoms with van der Waals surface area (Å²) in [6, 6.07) is 12.7. The predicted octanol–water partition coefficient (Wildman–Crippen LogP) is 3.36. The van der Waals surface area contributed by atoms with Crippen molar-refractivity contribution in [2.45, 2.75) is 38.6 Å². The highest BCUT2D eigenvalue weighted by molar-refractivity contribution is 5.80. The van der Waals surface area contributed by atoms with Crippen molar-refractivity contribution in [2.24, 2.45) is 4.99 Å². The largest absolute Gasteiger partial charge is 0.359 e. The third-order valence-corrected chi connectivity index (χ3v) is 4.56. The Bertz CT molecular complexity index is 678. The number of guanidine groups is 1. The van der Waals surface area contributed by atoms with Crippen molar-refractivity contribution in [1.29, 1.82) is 0 Å². The summed E-state index contributed by atoms with van der Waals surface area (Å²) in [4.78, 5) is 6.74. The lowest BCUT2D eigenvalue weighted by Crippen LogP contribution is -2.39. The highest BCUT2D eigenvalue weighted by Gasteiger charge is 2.26. The van der Waals surface area contributed by atoms with Crippen molar-refractivity contribution in [1.82, 2.24) is 15.4 Å². The number of aromatic nitrogens is 1. The Balaban J connectivity index is 1.57. The monoisotopic (exact) mass is 326 g/mol. The Kier molecular flexibility index (Phi) is 5.18. The summed E-state index contributed by atoms with van der Waals surface area (Å²) in [6.45, 7) is 6.85. The molecule has 2 aromatic rings. The normalized spacial score (nSPS) is 18.4. The fourth-order valence-electron chi connectivity index (χ4n) is 3.13. The molecule has 1 aromatic carbocycles. The van der Waals surface area contributed by atoms with Gasteiger partial charge in [-0.15, -0.1) is 0 Å². The van der Waals surface area contributed by atoms with Gasteiger partial charge in [-0.05, 0) is 17.9 Å². The highest BCUT2D eigenvalue weighted by Crippen LogP contribution is 2.26. The van der Waals surface area contributed by atoms with Crippen LogP contribution in [0.3, 0.4) is 0 Å². The second-order valence-corrected chi connectivity index (χ2v) is 6.62. The number of rotatable bonds is 4. The Morgan fingerprint density at radius 2 is 2.17 bits per heavy atom. The number of benzene rings is 1. The van der Waals surface area contributed by atoms with E-state index < -0.39 is 0 Å². The smallest absolute Gasteiger partial charge is 0.194 e. The zero-order chi connectivity index (χ0) is 16.9. The van der Waals surface area contributed by atoms with Crippen molar-refractivity contribution in [3.63, 3.8) is 0 Å². The zero-order valence-corrected chi connectivity index (χ0v) is 14.7. The molecular weight excluding hydrogens is 300 g/mol. The van der Waals surface area contributed by atoms with Crippen LogP contribution in [0.15, 0.2) is 45.9 Å². The van der Waals surface area contributed by atoms with Gasteiger partial charge >= 0.3 is 0 Å². The second-order valence-electron chi connectivity index (χ2n) is 6.62. The third-order valence-electron chi connectivity index (χ3n) is 4.56. The van der Waals surface area contributed by atoms with Gasteiger partial charge in [-0.2, -0.15) is 0 Å². The van der Waals surface area contributed by atoms with E-state index in [4.69, 9.17) is 4.52 Å². The van der Waals surface area contributed by atoms with Crippen LogP contribution in [0.1, 0.15) is 49.1 Å². The van der Waals surface area contributed by atoms with E-state index in [9.17, 15) is 0 Å². The summed E-state index contributed by atoms with van der Waals surface area (Å²) >= 11 is 0. The molecule has 1 saturated heterocycles. The van der Waals surface area contributed by atoms with Crippen molar-refractivity contribution in [2.75, 3.05) is 20.1 Å². The molecule has 0 spiro atoms. The lowest BCUT2D eigenvalue weighted by atomic mass is 9.99. The van der Waals surface area contributed by atoms with Crippen molar-refractivity contribution < 1.29 is 4.52 Å². The number of hydrogen-bond acceptors (Lipinski definition) is 3. The molecule has 24 heavy (non-hydrogen) atoms. The molecule has 1 atom stereocenters. The molecule has 1 N–H and O–H groups in total. The van der Waals surface area contributed by atoms with Crippen LogP contribution in [-0.2, 0) is 6.54 Å². The van der Waals surface area contributed by atoms with E-state index in [0.717, 1.165) is 36.9 Å². The molecular formula is C19H26N4O. The number of nitrogens with one attached hydrogen (secondary N) is 1. The van der Waals surface area contributed by atoms with E-state index in [1.54, 1.807) is 0 Å². The SMILES string of the molecule is CN=C(NCc1cc(C(C)C)no1)N1CCC(c2ccccc2)C1. The standard InChI is InChI=1S/C19H26N4O/c1-14(2)18-11-17(24-22-18)12-21-19(20-3)23-10-9-16(13-23)15-7-5-4-6-8-15/h4-8,11,14,16H,9-10,12-13H2,1-3H3,(H,20,21). The van der Waals surface area contributed by atoms with Crippen LogP contribution in [0.5, 0.6) is 0 Å². The molecule has 2 heterocycles. The van der Waals surface area contributed by atoms with Crippen LogP contribution in [0, 0.1) is 0 Å². The van der Waals surface area contributed by atoms with Gasteiger partial charge in [-0.3, -0.25) is 4.99 Å². The van der Waals surface area contributed by atoms with Gasteiger partial charge in [0.05, 0.1) is 12.2 Å². The summed E-state index contributed by atoms with van der Waals surface area (Å²) in [6.07, 6.45) is 1.16. The molecule has 1 aromatic heterocycles. The predicted molar refractivity (Wildman–Crippen MR) is 96.2 cm³/mol. The number of nitrogens with zero attached hydrogens (tertiary/aromatic N) is 3. The Hall–Kier alpha value is -2.30. The van der Waals surface area contributed by atoms with Gasteiger partial charge in [0, 0.05) is 32.1 Å². The number of hydrogen-bond donors (Lipinski definition) is 1. The van der Waals surface area contributed by atoms with E-state index in [1.165, 1.54) is 5.56 Å². The van der Waals surface area contributed by atoms with Gasteiger partial charge in [0.2, 0.25) is 0 Å². The summed E-state index contributed by atoms with van der Waals surface area (Å²) in [5.74, 6) is 2.73. The fraction of sp³-hybridized carbons (Fsp3) is 0.474. The maximum atomic E-state index is 5.39. The maximum Gasteiger partial charge on any atom is 0.194 e. The fourth-order valence-corrected chi connectivity index (χ4v) is 3.13. The average molecular weight is 326 g/mol. The molecule has 5 heteroatoms. The first-order valence-corrected chi connectivity index (χ1v) is 8.63. The van der Waals surface area contributed by atoms with E-state index >= 15 is 0 Å². The van der Waals surface area contributed by atoms with Crippen LogP contribution in [0.25, 0.3) is 0 Å². The van der Waals surface area contributed by atoms with Crippen LogP contribution in [-0.4, -0.2) is 36.2 Å². The van der Waals surface area contributed by atoms with Crippen LogP contribution in [0.2, 0.25) is 0 Å². The first-order valence-electron chi connectivity index (χ1n) is 8.63. The van der Waals surface area contributed by atoms with E-state index in [0.29, 0.717) is 18.4 Å². The number of likely N-dealkylation sites (tertiary alicyclic amines) is 1. The average Bonchev–Trinajstić information content (AvgIpc) is 3.26.